The van der Waals surface area contributed by atoms with Crippen LogP contribution in [0, 0.1) is 5.82 Å². The molecule has 3 heterocycles. The van der Waals surface area contributed by atoms with Crippen molar-refractivity contribution < 1.29 is 19.1 Å². The van der Waals surface area contributed by atoms with Crippen molar-refractivity contribution in [1.29, 1.82) is 0 Å². The predicted molar refractivity (Wildman–Crippen MR) is 105 cm³/mol. The van der Waals surface area contributed by atoms with E-state index in [1.54, 1.807) is 35.7 Å². The van der Waals surface area contributed by atoms with E-state index < -0.39 is 29.3 Å². The van der Waals surface area contributed by atoms with E-state index in [0.717, 1.165) is 25.9 Å². The first-order chi connectivity index (χ1) is 13.6. The van der Waals surface area contributed by atoms with Crippen LogP contribution in [0.2, 0.25) is 0 Å². The Morgan fingerprint density at radius 2 is 1.89 bits per heavy atom. The van der Waals surface area contributed by atoms with Gasteiger partial charge in [0.15, 0.2) is 5.76 Å². The van der Waals surface area contributed by atoms with E-state index in [-0.39, 0.29) is 11.1 Å². The molecule has 1 saturated heterocycles. The number of thiophene rings is 1. The number of carbonyl (C=O) groups is 2. The molecule has 0 spiro atoms. The maximum Gasteiger partial charge on any atom is 0.290 e. The molecule has 2 aromatic rings. The van der Waals surface area contributed by atoms with Crippen molar-refractivity contribution in [3.63, 3.8) is 0 Å². The molecule has 28 heavy (non-hydrogen) atoms. The molecule has 146 valence electrons. The number of ketones is 1. The molecule has 0 bridgehead atoms. The van der Waals surface area contributed by atoms with Crippen LogP contribution < -0.4 is 0 Å². The first-order valence-electron chi connectivity index (χ1n) is 9.37. The molecule has 7 heteroatoms. The second-order valence-electron chi connectivity index (χ2n) is 7.04. The fourth-order valence-corrected chi connectivity index (χ4v) is 4.61. The van der Waals surface area contributed by atoms with Crippen LogP contribution in [0.15, 0.2) is 53.1 Å². The normalized spacial score (nSPS) is 20.4. The van der Waals surface area contributed by atoms with E-state index in [2.05, 4.69) is 4.90 Å². The Labute approximate surface area is 166 Å². The van der Waals surface area contributed by atoms with Gasteiger partial charge in [0.25, 0.3) is 5.91 Å². The monoisotopic (exact) mass is 400 g/mol. The maximum atomic E-state index is 14.6. The number of halogens is 1. The topological polar surface area (TPSA) is 60.9 Å². The van der Waals surface area contributed by atoms with Gasteiger partial charge in [0.05, 0.1) is 16.5 Å². The molecule has 2 aliphatic rings. The fourth-order valence-electron chi connectivity index (χ4n) is 3.93. The molecular formula is C21H21FN2O3S. The average Bonchev–Trinajstić information content (AvgIpc) is 3.44. The van der Waals surface area contributed by atoms with Gasteiger partial charge >= 0.3 is 0 Å². The number of nitrogens with zero attached hydrogens (tertiary/aromatic N) is 2. The van der Waals surface area contributed by atoms with E-state index in [9.17, 15) is 19.1 Å². The number of hydrogen-bond donors (Lipinski definition) is 1. The van der Waals surface area contributed by atoms with Crippen molar-refractivity contribution in [2.24, 2.45) is 0 Å². The number of aliphatic hydroxyl groups is 1. The largest absolute Gasteiger partial charge is 0.503 e. The molecule has 0 saturated carbocycles. The second kappa shape index (κ2) is 7.85. The van der Waals surface area contributed by atoms with E-state index in [0.29, 0.717) is 18.0 Å². The van der Waals surface area contributed by atoms with Gasteiger partial charge < -0.3 is 14.9 Å². The van der Waals surface area contributed by atoms with Crippen molar-refractivity contribution in [3.8, 4) is 0 Å². The van der Waals surface area contributed by atoms with Crippen molar-refractivity contribution >= 4 is 23.0 Å². The molecule has 1 atom stereocenters. The summed E-state index contributed by atoms with van der Waals surface area (Å²) in [5.41, 5.74) is 0.181. The lowest BCUT2D eigenvalue weighted by Gasteiger charge is -2.28. The third-order valence-corrected chi connectivity index (χ3v) is 6.22. The van der Waals surface area contributed by atoms with E-state index in [1.165, 1.54) is 22.3 Å². The van der Waals surface area contributed by atoms with Crippen LogP contribution in [0.4, 0.5) is 4.39 Å². The molecular weight excluding hydrogens is 379 g/mol. The van der Waals surface area contributed by atoms with Crippen LogP contribution in [0.5, 0.6) is 0 Å². The summed E-state index contributed by atoms with van der Waals surface area (Å²) in [6, 6.07) is 8.56. The predicted octanol–water partition coefficient (Wildman–Crippen LogP) is 3.56. The van der Waals surface area contributed by atoms with Crippen molar-refractivity contribution in [3.05, 3.63) is 69.4 Å². The summed E-state index contributed by atoms with van der Waals surface area (Å²) in [4.78, 5) is 29.9. The summed E-state index contributed by atoms with van der Waals surface area (Å²) >= 11 is 1.23. The lowest BCUT2D eigenvalue weighted by atomic mass is 9.95. The van der Waals surface area contributed by atoms with Crippen molar-refractivity contribution in [2.75, 3.05) is 26.2 Å². The molecule has 4 rings (SSSR count). The number of amides is 1. The fraction of sp³-hybridized carbons (Fsp3) is 0.333. The maximum absolute atomic E-state index is 14.6. The van der Waals surface area contributed by atoms with Gasteiger partial charge in [0, 0.05) is 18.7 Å². The smallest absolute Gasteiger partial charge is 0.290 e. The number of carbonyl (C=O) groups excluding carboxylic acids is 2. The van der Waals surface area contributed by atoms with Crippen LogP contribution in [0.1, 0.15) is 34.1 Å². The van der Waals surface area contributed by atoms with Gasteiger partial charge in [-0.2, -0.15) is 0 Å². The third-order valence-electron chi connectivity index (χ3n) is 5.35. The van der Waals surface area contributed by atoms with E-state index in [4.69, 9.17) is 0 Å². The molecule has 1 fully saturated rings. The Balaban J connectivity index is 1.71. The minimum Gasteiger partial charge on any atom is -0.503 e. The summed E-state index contributed by atoms with van der Waals surface area (Å²) in [7, 11) is 0. The zero-order chi connectivity index (χ0) is 19.7. The van der Waals surface area contributed by atoms with Gasteiger partial charge in [-0.3, -0.25) is 9.59 Å². The molecule has 1 unspecified atom stereocenters. The zero-order valence-electron chi connectivity index (χ0n) is 15.3. The summed E-state index contributed by atoms with van der Waals surface area (Å²) in [6.45, 7) is 2.88. The van der Waals surface area contributed by atoms with Gasteiger partial charge in [0.1, 0.15) is 5.82 Å². The highest BCUT2D eigenvalue weighted by atomic mass is 32.1. The minimum atomic E-state index is -0.925. The van der Waals surface area contributed by atoms with Crippen LogP contribution in [-0.2, 0) is 4.79 Å². The van der Waals surface area contributed by atoms with Gasteiger partial charge in [-0.25, -0.2) is 4.39 Å². The van der Waals surface area contributed by atoms with Crippen LogP contribution in [-0.4, -0.2) is 52.8 Å². The zero-order valence-corrected chi connectivity index (χ0v) is 16.1. The molecule has 2 aliphatic heterocycles. The number of benzene rings is 1. The summed E-state index contributed by atoms with van der Waals surface area (Å²) in [5.74, 6) is -2.13. The first kappa shape index (κ1) is 18.8. The van der Waals surface area contributed by atoms with Crippen molar-refractivity contribution in [1.82, 2.24) is 9.80 Å². The van der Waals surface area contributed by atoms with Gasteiger partial charge in [0.2, 0.25) is 5.78 Å². The summed E-state index contributed by atoms with van der Waals surface area (Å²) in [6.07, 6.45) is 2.24. The molecule has 0 radical (unpaired) electrons. The Bertz CT molecular complexity index is 919. The van der Waals surface area contributed by atoms with Crippen LogP contribution >= 0.6 is 11.3 Å². The highest BCUT2D eigenvalue weighted by Crippen LogP contribution is 2.40. The van der Waals surface area contributed by atoms with Crippen molar-refractivity contribution in [2.45, 2.75) is 18.9 Å². The van der Waals surface area contributed by atoms with Crippen LogP contribution in [0.3, 0.4) is 0 Å². The number of hydrogen-bond acceptors (Lipinski definition) is 5. The lowest BCUT2D eigenvalue weighted by Crippen LogP contribution is -2.38. The standard InChI is InChI=1S/C21H21FN2O3S/c22-15-7-2-1-6-14(15)18-17(19(25)16-8-5-13-28-16)20(26)21(27)24(18)12-11-23-9-3-4-10-23/h1-2,5-8,13,18,26H,3-4,9-12H2. The number of rotatable bonds is 6. The lowest BCUT2D eigenvalue weighted by molar-refractivity contribution is -0.129. The molecule has 0 aliphatic carbocycles. The number of likely N-dealkylation sites (tertiary alicyclic amines) is 1. The Hall–Kier alpha value is -2.51. The SMILES string of the molecule is O=C(C1=C(O)C(=O)N(CCN2CCCC2)C1c1ccccc1F)c1cccs1. The molecule has 5 nitrogen and oxygen atoms in total. The highest BCUT2D eigenvalue weighted by Gasteiger charge is 2.44. The highest BCUT2D eigenvalue weighted by molar-refractivity contribution is 7.12. The summed E-state index contributed by atoms with van der Waals surface area (Å²) < 4.78 is 14.6. The molecule has 1 amide bonds. The quantitative estimate of drug-likeness (QED) is 0.754. The third kappa shape index (κ3) is 3.36. The average molecular weight is 400 g/mol. The molecule has 1 aromatic heterocycles. The minimum absolute atomic E-state index is 0.0426. The van der Waals surface area contributed by atoms with E-state index in [1.807, 2.05) is 0 Å². The number of Topliss-reactive ketones (excluding diaryl/α,β-unsaturated/α-hetero) is 1. The Morgan fingerprint density at radius 1 is 1.14 bits per heavy atom. The van der Waals surface area contributed by atoms with Gasteiger partial charge in [-0.15, -0.1) is 11.3 Å². The molecule has 1 N–H and O–H groups in total. The van der Waals surface area contributed by atoms with Gasteiger partial charge in [-0.1, -0.05) is 24.3 Å². The summed E-state index contributed by atoms with van der Waals surface area (Å²) in [5, 5.41) is 12.3. The number of aliphatic hydroxyl groups excluding tert-OH is 1. The molecule has 1 aromatic carbocycles. The van der Waals surface area contributed by atoms with Gasteiger partial charge in [-0.05, 0) is 43.4 Å². The van der Waals surface area contributed by atoms with E-state index >= 15 is 0 Å². The second-order valence-corrected chi connectivity index (χ2v) is 7.99. The Morgan fingerprint density at radius 3 is 2.57 bits per heavy atom. The first-order valence-corrected chi connectivity index (χ1v) is 10.2. The Kier molecular flexibility index (Phi) is 5.28. The van der Waals surface area contributed by atoms with Crippen LogP contribution in [0.25, 0.3) is 0 Å².